The topological polar surface area (TPSA) is 157 Å². The molecule has 1 spiro atoms. The summed E-state index contributed by atoms with van der Waals surface area (Å²) in [6.45, 7) is 12.7. The maximum absolute atomic E-state index is 15.7. The van der Waals surface area contributed by atoms with Crippen LogP contribution in [0.3, 0.4) is 0 Å². The Bertz CT molecular complexity index is 2400. The molecule has 4 bridgehead atoms. The fourth-order valence-electron chi connectivity index (χ4n) is 19.8. The molecule has 0 amide bonds. The molecular weight excluding hydrogens is 871 g/mol. The van der Waals surface area contributed by atoms with Gasteiger partial charge < -0.3 is 36.4 Å². The molecule has 2 aromatic rings. The first-order chi connectivity index (χ1) is 33.4. The number of allylic oxidation sites excluding steroid dienone is 2. The lowest BCUT2D eigenvalue weighted by atomic mass is 9.32. The molecule has 9 heteroatoms. The highest BCUT2D eigenvalue weighted by atomic mass is 16.6. The third-order valence-corrected chi connectivity index (χ3v) is 22.5. The Morgan fingerprint density at radius 1 is 0.871 bits per heavy atom. The molecule has 2 aromatic carbocycles. The molecule has 7 N–H and O–H groups in total. The monoisotopic (exact) mass is 958 g/mol. The van der Waals surface area contributed by atoms with Crippen LogP contribution in [-0.4, -0.2) is 69.9 Å². The van der Waals surface area contributed by atoms with Crippen molar-refractivity contribution < 1.29 is 29.6 Å². The zero-order valence-corrected chi connectivity index (χ0v) is 43.6. The Labute approximate surface area is 419 Å². The van der Waals surface area contributed by atoms with Crippen molar-refractivity contribution in [2.24, 2.45) is 57.2 Å². The Morgan fingerprint density at radius 3 is 2.46 bits per heavy atom. The van der Waals surface area contributed by atoms with E-state index in [0.717, 1.165) is 106 Å². The molecule has 0 radical (unpaired) electrons. The number of rotatable bonds is 8. The summed E-state index contributed by atoms with van der Waals surface area (Å²) in [6, 6.07) is 14.2. The van der Waals surface area contributed by atoms with Crippen LogP contribution >= 0.6 is 0 Å². The number of hydrogen-bond donors (Lipinski definition) is 6. The molecule has 382 valence electrons. The van der Waals surface area contributed by atoms with Crippen molar-refractivity contribution >= 4 is 17.3 Å². The summed E-state index contributed by atoms with van der Waals surface area (Å²) in [5.41, 5.74) is 10.1. The molecule has 2 aliphatic heterocycles. The van der Waals surface area contributed by atoms with Crippen LogP contribution in [0.2, 0.25) is 0 Å². The summed E-state index contributed by atoms with van der Waals surface area (Å²) in [4.78, 5) is 31.3. The van der Waals surface area contributed by atoms with Gasteiger partial charge in [-0.3, -0.25) is 9.59 Å². The molecule has 9 nitrogen and oxygen atoms in total. The van der Waals surface area contributed by atoms with Gasteiger partial charge in [0.2, 0.25) is 0 Å². The van der Waals surface area contributed by atoms with E-state index >= 15 is 9.59 Å². The molecular formula is C61H87N3O6. The van der Waals surface area contributed by atoms with E-state index in [-0.39, 0.29) is 57.8 Å². The second-order valence-corrected chi connectivity index (χ2v) is 26.5. The zero-order chi connectivity index (χ0) is 49.2. The number of anilines is 1. The second kappa shape index (κ2) is 17.8. The van der Waals surface area contributed by atoms with Crippen LogP contribution in [0.4, 0.5) is 5.69 Å². The SMILES string of the molecule is CNCc1cc(O)cc([C@H]2C[C@@]3(C)[C@H]4CCC5=C6C(=O)C[C@]5(C)[C@@]4(CCC[C@@H]4CCCC[C@@H]4[C@@H]6C[C@@H](O)[C@H]4O[C@]4(C)[C@@H]4CCC[C@H]4c4cccc(N)c4)C[C@@H]4NC[C@@](C)(O)CCCC[C@@](C)(C2=O)[C@H]43)c1. The van der Waals surface area contributed by atoms with Crippen molar-refractivity contribution in [3.05, 3.63) is 70.3 Å². The summed E-state index contributed by atoms with van der Waals surface area (Å²) in [7, 11) is 1.92. The highest BCUT2D eigenvalue weighted by molar-refractivity contribution is 6.01. The van der Waals surface area contributed by atoms with Crippen LogP contribution < -0.4 is 16.4 Å². The van der Waals surface area contributed by atoms with E-state index in [1.165, 1.54) is 30.4 Å². The van der Waals surface area contributed by atoms with Crippen molar-refractivity contribution in [2.75, 3.05) is 19.3 Å². The van der Waals surface area contributed by atoms with Gasteiger partial charge in [-0.25, -0.2) is 0 Å². The number of nitrogens with two attached hydrogens (primary N) is 1. The van der Waals surface area contributed by atoms with Crippen molar-refractivity contribution in [3.63, 3.8) is 0 Å². The Kier molecular flexibility index (Phi) is 12.5. The number of epoxide rings is 1. The molecule has 0 aromatic heterocycles. The van der Waals surface area contributed by atoms with Gasteiger partial charge in [0.25, 0.3) is 0 Å². The highest BCUT2D eigenvalue weighted by Gasteiger charge is 2.73. The fraction of sp³-hybridized carbons (Fsp3) is 0.738. The summed E-state index contributed by atoms with van der Waals surface area (Å²) in [6.07, 6.45) is 18.2. The number of carbonyl (C=O) groups excluding carboxylic acids is 2. The van der Waals surface area contributed by atoms with Gasteiger partial charge in [-0.05, 0) is 190 Å². The standard InChI is InChI=1S/C61H87N3O6/c1-56(69)23-9-10-24-57(2)53-48(64-35-56)32-61-25-13-16-37-14-7-8-18-42(37)44(30-49(66)55-60(5,70-55)46-20-12-19-43(46)38-15-11-17-40(62)28-38)52-47(59(61,4)33-50(52)67)21-22-51(61)58(53,3)31-45(54(57)68)39-26-36(34-63-6)27-41(65)29-39/h11,15,17,26-29,37,42-46,48-49,51,53,55,63-66,69H,7-10,12-14,16,18-25,30-35,62H2,1-6H3/t37-,42-,43-,44-,45+,46+,48-,49+,51+,53-,55+,56-,57+,58-,59-,60+,61-/m0/s1. The maximum atomic E-state index is 15.7. The van der Waals surface area contributed by atoms with Gasteiger partial charge in [-0.15, -0.1) is 0 Å². The normalized spacial score (nSPS) is 45.3. The molecule has 7 aliphatic carbocycles. The molecule has 0 unspecified atom stereocenters. The van der Waals surface area contributed by atoms with Gasteiger partial charge in [0.15, 0.2) is 5.78 Å². The lowest BCUT2D eigenvalue weighted by Crippen LogP contribution is -2.71. The largest absolute Gasteiger partial charge is 0.508 e. The lowest BCUT2D eigenvalue weighted by molar-refractivity contribution is -0.206. The van der Waals surface area contributed by atoms with E-state index in [0.29, 0.717) is 74.0 Å². The highest BCUT2D eigenvalue weighted by Crippen LogP contribution is 2.77. The number of phenolic OH excluding ortho intramolecular Hbond substituents is 1. The minimum Gasteiger partial charge on any atom is -0.508 e. The quantitative estimate of drug-likeness (QED) is 0.112. The fourth-order valence-corrected chi connectivity index (χ4v) is 19.8. The summed E-state index contributed by atoms with van der Waals surface area (Å²) in [5, 5.41) is 43.1. The van der Waals surface area contributed by atoms with Gasteiger partial charge in [0.1, 0.15) is 17.6 Å². The molecule has 5 saturated carbocycles. The number of Topliss-reactive ketones (excluding diaryl/α,β-unsaturated/α-hetero) is 2. The number of phenols is 1. The molecule has 70 heavy (non-hydrogen) atoms. The maximum Gasteiger partial charge on any atom is 0.160 e. The Hall–Kier alpha value is -3.08. The first kappa shape index (κ1) is 49.1. The summed E-state index contributed by atoms with van der Waals surface area (Å²) < 4.78 is 6.77. The third kappa shape index (κ3) is 7.76. The third-order valence-electron chi connectivity index (χ3n) is 22.5. The summed E-state index contributed by atoms with van der Waals surface area (Å²) >= 11 is 0. The van der Waals surface area contributed by atoms with Gasteiger partial charge in [0, 0.05) is 48.0 Å². The number of benzene rings is 2. The van der Waals surface area contributed by atoms with Crippen LogP contribution in [0.5, 0.6) is 5.75 Å². The van der Waals surface area contributed by atoms with Crippen LogP contribution in [0.1, 0.15) is 192 Å². The number of ether oxygens (including phenoxy) is 1. The molecule has 2 heterocycles. The molecule has 7 fully saturated rings. The Balaban J connectivity index is 0.997. The molecule has 11 rings (SSSR count). The number of aliphatic hydroxyl groups excluding tert-OH is 1. The zero-order valence-electron chi connectivity index (χ0n) is 43.6. The number of hydrogen-bond acceptors (Lipinski definition) is 9. The van der Waals surface area contributed by atoms with Crippen LogP contribution in [0, 0.1) is 57.2 Å². The predicted octanol–water partition coefficient (Wildman–Crippen LogP) is 10.8. The second-order valence-electron chi connectivity index (χ2n) is 26.5. The van der Waals surface area contributed by atoms with Crippen molar-refractivity contribution in [1.82, 2.24) is 10.6 Å². The van der Waals surface area contributed by atoms with E-state index in [4.69, 9.17) is 10.5 Å². The van der Waals surface area contributed by atoms with Gasteiger partial charge in [-0.2, -0.15) is 0 Å². The first-order valence-corrected chi connectivity index (χ1v) is 28.3. The number of β-amino-alcohol motifs (C(OH)–C–C–N with tert-alkyl or cyclic N) is 1. The number of nitrogen functional groups attached to an aromatic ring is 1. The number of aromatic hydroxyl groups is 1. The van der Waals surface area contributed by atoms with Gasteiger partial charge >= 0.3 is 0 Å². The van der Waals surface area contributed by atoms with Crippen LogP contribution in [0.25, 0.3) is 0 Å². The predicted molar refractivity (Wildman–Crippen MR) is 276 cm³/mol. The van der Waals surface area contributed by atoms with E-state index in [1.54, 1.807) is 0 Å². The Morgan fingerprint density at radius 2 is 1.66 bits per heavy atom. The van der Waals surface area contributed by atoms with E-state index in [2.05, 4.69) is 62.6 Å². The number of ketones is 2. The van der Waals surface area contributed by atoms with Gasteiger partial charge in [-0.1, -0.05) is 95.9 Å². The van der Waals surface area contributed by atoms with E-state index in [9.17, 15) is 15.3 Å². The number of nitrogens with one attached hydrogen (secondary N) is 2. The average molecular weight is 958 g/mol. The lowest BCUT2D eigenvalue weighted by Gasteiger charge is -2.72. The van der Waals surface area contributed by atoms with Gasteiger partial charge in [0.05, 0.1) is 17.3 Å². The van der Waals surface area contributed by atoms with E-state index in [1.807, 2.05) is 32.2 Å². The minimum atomic E-state index is -0.862. The van der Waals surface area contributed by atoms with Crippen molar-refractivity contribution in [2.45, 2.75) is 211 Å². The first-order valence-electron chi connectivity index (χ1n) is 28.3. The minimum absolute atomic E-state index is 0.00409. The number of aliphatic hydroxyl groups is 2. The average Bonchev–Trinajstić information content (AvgIpc) is 3.61. The van der Waals surface area contributed by atoms with Crippen LogP contribution in [-0.2, 0) is 20.9 Å². The smallest absolute Gasteiger partial charge is 0.160 e. The van der Waals surface area contributed by atoms with Crippen molar-refractivity contribution in [1.29, 1.82) is 0 Å². The van der Waals surface area contributed by atoms with Crippen molar-refractivity contribution in [3.8, 4) is 5.75 Å². The molecule has 9 aliphatic rings. The number of fused-ring (bicyclic) bond motifs is 2. The summed E-state index contributed by atoms with van der Waals surface area (Å²) in [5.74, 6) is 2.38. The molecule has 17 atom stereocenters. The van der Waals surface area contributed by atoms with Crippen LogP contribution in [0.15, 0.2) is 53.6 Å². The molecule has 2 saturated heterocycles. The van der Waals surface area contributed by atoms with E-state index < -0.39 is 22.7 Å². The number of carbonyl (C=O) groups is 2.